The van der Waals surface area contributed by atoms with Crippen molar-refractivity contribution in [2.24, 2.45) is 5.92 Å². The first-order valence-corrected chi connectivity index (χ1v) is 10.5. The third-order valence-corrected chi connectivity index (χ3v) is 5.98. The van der Waals surface area contributed by atoms with Gasteiger partial charge < -0.3 is 15.1 Å². The third-order valence-electron chi connectivity index (χ3n) is 5.98. The predicted octanol–water partition coefficient (Wildman–Crippen LogP) is 2.30. The maximum atomic E-state index is 12.7. The third kappa shape index (κ3) is 5.14. The van der Waals surface area contributed by atoms with Crippen LogP contribution in [0.1, 0.15) is 38.7 Å². The largest absolute Gasteiger partial charge is 0.354 e. The summed E-state index contributed by atoms with van der Waals surface area (Å²) >= 11 is 0. The fourth-order valence-electron chi connectivity index (χ4n) is 4.01. The first-order valence-electron chi connectivity index (χ1n) is 10.5. The Balaban J connectivity index is 1.48. The monoisotopic (exact) mass is 384 g/mol. The fraction of sp³-hybridized carbons (Fsp3) is 0.667. The molecule has 1 aromatic rings. The van der Waals surface area contributed by atoms with Gasteiger partial charge in [-0.25, -0.2) is 9.78 Å². The summed E-state index contributed by atoms with van der Waals surface area (Å²) in [7, 11) is 0. The highest BCUT2D eigenvalue weighted by atomic mass is 16.2. The average Bonchev–Trinajstić information content (AvgIpc) is 2.98. The lowest BCUT2D eigenvalue weighted by molar-refractivity contribution is 0.142. The van der Waals surface area contributed by atoms with E-state index in [0.717, 1.165) is 44.3 Å². The van der Waals surface area contributed by atoms with Crippen LogP contribution in [0.5, 0.6) is 0 Å². The Labute approximate surface area is 168 Å². The summed E-state index contributed by atoms with van der Waals surface area (Å²) in [5, 5.41) is 12.4. The number of piperidine rings is 1. The predicted molar refractivity (Wildman–Crippen MR) is 110 cm³/mol. The van der Waals surface area contributed by atoms with E-state index in [1.165, 1.54) is 12.8 Å². The number of nitrogens with one attached hydrogen (secondary N) is 1. The SMILES string of the molecule is CC1CCN(C(C)CNC(=O)N2CCCN(c3ncccc3C#N)CC2)CC1. The van der Waals surface area contributed by atoms with Gasteiger partial charge in [0.2, 0.25) is 0 Å². The first-order chi connectivity index (χ1) is 13.6. The number of rotatable bonds is 4. The van der Waals surface area contributed by atoms with Crippen molar-refractivity contribution in [1.82, 2.24) is 20.1 Å². The van der Waals surface area contributed by atoms with E-state index in [0.29, 0.717) is 31.2 Å². The first kappa shape index (κ1) is 20.4. The molecule has 1 atom stereocenters. The topological polar surface area (TPSA) is 75.5 Å². The lowest BCUT2D eigenvalue weighted by Crippen LogP contribution is -2.49. The molecular weight excluding hydrogens is 352 g/mol. The van der Waals surface area contributed by atoms with Gasteiger partial charge in [-0.05, 0) is 57.3 Å². The van der Waals surface area contributed by atoms with Crippen molar-refractivity contribution in [1.29, 1.82) is 5.26 Å². The zero-order valence-corrected chi connectivity index (χ0v) is 17.1. The summed E-state index contributed by atoms with van der Waals surface area (Å²) in [5.74, 6) is 1.54. The number of nitriles is 1. The molecular formula is C21H32N6O. The molecule has 2 aliphatic heterocycles. The molecule has 7 nitrogen and oxygen atoms in total. The van der Waals surface area contributed by atoms with Gasteiger partial charge in [0.1, 0.15) is 11.9 Å². The Kier molecular flexibility index (Phi) is 7.10. The van der Waals surface area contributed by atoms with Crippen LogP contribution in [0.2, 0.25) is 0 Å². The number of hydrogen-bond donors (Lipinski definition) is 1. The number of nitrogens with zero attached hydrogens (tertiary/aromatic N) is 5. The van der Waals surface area contributed by atoms with Crippen LogP contribution < -0.4 is 10.2 Å². The van der Waals surface area contributed by atoms with Gasteiger partial charge in [0, 0.05) is 45.0 Å². The number of likely N-dealkylation sites (tertiary alicyclic amines) is 1. The standard InChI is InChI=1S/C21H32N6O/c1-17-6-11-25(12-7-17)18(2)16-24-21(28)27-10-4-9-26(13-14-27)20-19(15-22)5-3-8-23-20/h3,5,8,17-18H,4,6-7,9-14,16H2,1-2H3,(H,24,28). The molecule has 0 aliphatic carbocycles. The van der Waals surface area contributed by atoms with Gasteiger partial charge in [-0.15, -0.1) is 0 Å². The molecule has 3 heterocycles. The van der Waals surface area contributed by atoms with Gasteiger partial charge in [-0.3, -0.25) is 4.90 Å². The normalized spacial score (nSPS) is 20.3. The lowest BCUT2D eigenvalue weighted by Gasteiger charge is -2.35. The number of pyridine rings is 1. The fourth-order valence-corrected chi connectivity index (χ4v) is 4.01. The molecule has 7 heteroatoms. The molecule has 28 heavy (non-hydrogen) atoms. The van der Waals surface area contributed by atoms with Gasteiger partial charge in [-0.2, -0.15) is 5.26 Å². The molecule has 0 radical (unpaired) electrons. The second-order valence-corrected chi connectivity index (χ2v) is 8.07. The summed E-state index contributed by atoms with van der Waals surface area (Å²) in [5.41, 5.74) is 0.588. The second kappa shape index (κ2) is 9.74. The number of aromatic nitrogens is 1. The van der Waals surface area contributed by atoms with E-state index in [1.54, 1.807) is 18.3 Å². The second-order valence-electron chi connectivity index (χ2n) is 8.07. The molecule has 0 saturated carbocycles. The van der Waals surface area contributed by atoms with Crippen molar-refractivity contribution in [3.8, 4) is 6.07 Å². The zero-order chi connectivity index (χ0) is 19.9. The van der Waals surface area contributed by atoms with Crippen LogP contribution >= 0.6 is 0 Å². The minimum Gasteiger partial charge on any atom is -0.354 e. The van der Waals surface area contributed by atoms with Gasteiger partial charge in [0.15, 0.2) is 0 Å². The summed E-state index contributed by atoms with van der Waals surface area (Å²) in [6.07, 6.45) is 5.08. The van der Waals surface area contributed by atoms with Crippen molar-refractivity contribution < 1.29 is 4.79 Å². The molecule has 1 N–H and O–H groups in total. The van der Waals surface area contributed by atoms with Crippen molar-refractivity contribution in [3.63, 3.8) is 0 Å². The molecule has 3 rings (SSSR count). The summed E-state index contributed by atoms with van der Waals surface area (Å²) in [4.78, 5) is 23.5. The summed E-state index contributed by atoms with van der Waals surface area (Å²) < 4.78 is 0. The maximum absolute atomic E-state index is 12.7. The molecule has 1 unspecified atom stereocenters. The molecule has 2 amide bonds. The molecule has 2 saturated heterocycles. The number of amides is 2. The summed E-state index contributed by atoms with van der Waals surface area (Å²) in [6, 6.07) is 6.17. The number of hydrogen-bond acceptors (Lipinski definition) is 5. The number of anilines is 1. The van der Waals surface area contributed by atoms with Crippen molar-refractivity contribution in [2.75, 3.05) is 50.7 Å². The summed E-state index contributed by atoms with van der Waals surface area (Å²) in [6.45, 7) is 10.3. The van der Waals surface area contributed by atoms with Gasteiger partial charge in [0.05, 0.1) is 5.56 Å². The van der Waals surface area contributed by atoms with Crippen LogP contribution in [-0.4, -0.2) is 72.7 Å². The molecule has 0 spiro atoms. The minimum atomic E-state index is 0.0144. The van der Waals surface area contributed by atoms with Crippen LogP contribution in [0, 0.1) is 17.2 Å². The van der Waals surface area contributed by atoms with Crippen LogP contribution in [0.4, 0.5) is 10.6 Å². The minimum absolute atomic E-state index is 0.0144. The lowest BCUT2D eigenvalue weighted by atomic mass is 9.98. The Bertz CT molecular complexity index is 694. The molecule has 0 bridgehead atoms. The Morgan fingerprint density at radius 3 is 2.82 bits per heavy atom. The van der Waals surface area contributed by atoms with E-state index in [4.69, 9.17) is 0 Å². The number of urea groups is 1. The van der Waals surface area contributed by atoms with Gasteiger partial charge in [-0.1, -0.05) is 6.92 Å². The highest BCUT2D eigenvalue weighted by molar-refractivity contribution is 5.74. The van der Waals surface area contributed by atoms with E-state index >= 15 is 0 Å². The van der Waals surface area contributed by atoms with Crippen molar-refractivity contribution >= 4 is 11.8 Å². The Hall–Kier alpha value is -2.33. The van der Waals surface area contributed by atoms with Crippen molar-refractivity contribution in [2.45, 2.75) is 39.2 Å². The van der Waals surface area contributed by atoms with Gasteiger partial charge in [0.25, 0.3) is 0 Å². The van der Waals surface area contributed by atoms with Crippen LogP contribution in [0.3, 0.4) is 0 Å². The highest BCUT2D eigenvalue weighted by Crippen LogP contribution is 2.19. The smallest absolute Gasteiger partial charge is 0.317 e. The quantitative estimate of drug-likeness (QED) is 0.862. The van der Waals surface area contributed by atoms with E-state index in [-0.39, 0.29) is 6.03 Å². The number of carbonyl (C=O) groups is 1. The van der Waals surface area contributed by atoms with Crippen LogP contribution in [0.15, 0.2) is 18.3 Å². The molecule has 2 aliphatic rings. The highest BCUT2D eigenvalue weighted by Gasteiger charge is 2.23. The van der Waals surface area contributed by atoms with E-state index < -0.39 is 0 Å². The zero-order valence-electron chi connectivity index (χ0n) is 17.1. The van der Waals surface area contributed by atoms with E-state index in [2.05, 4.69) is 40.0 Å². The average molecular weight is 385 g/mol. The van der Waals surface area contributed by atoms with Crippen LogP contribution in [0.25, 0.3) is 0 Å². The molecule has 2 fully saturated rings. The van der Waals surface area contributed by atoms with Crippen LogP contribution in [-0.2, 0) is 0 Å². The maximum Gasteiger partial charge on any atom is 0.317 e. The Morgan fingerprint density at radius 2 is 2.07 bits per heavy atom. The van der Waals surface area contributed by atoms with E-state index in [9.17, 15) is 10.1 Å². The van der Waals surface area contributed by atoms with E-state index in [1.807, 2.05) is 4.90 Å². The molecule has 1 aromatic heterocycles. The number of carbonyl (C=O) groups excluding carboxylic acids is 1. The molecule has 0 aromatic carbocycles. The van der Waals surface area contributed by atoms with Gasteiger partial charge >= 0.3 is 6.03 Å². The molecule has 152 valence electrons. The Morgan fingerprint density at radius 1 is 1.29 bits per heavy atom. The van der Waals surface area contributed by atoms with Crippen molar-refractivity contribution in [3.05, 3.63) is 23.9 Å².